The summed E-state index contributed by atoms with van der Waals surface area (Å²) < 4.78 is 0. The Hall–Kier alpha value is -8.62. The number of aromatic hydroxyl groups is 1. The predicted molar refractivity (Wildman–Crippen MR) is 301 cm³/mol. The molecule has 8 amide bonds. The Kier molecular flexibility index (Phi) is 21.6. The Labute approximate surface area is 459 Å². The number of phenolic OH excluding ortho intramolecular Hbond substituents is 1. The van der Waals surface area contributed by atoms with Crippen LogP contribution >= 0.6 is 0 Å². The van der Waals surface area contributed by atoms with Crippen LogP contribution in [0.3, 0.4) is 0 Å². The van der Waals surface area contributed by atoms with Crippen molar-refractivity contribution in [3.63, 3.8) is 0 Å². The van der Waals surface area contributed by atoms with E-state index in [1.807, 2.05) is 97.1 Å². The van der Waals surface area contributed by atoms with Crippen LogP contribution in [-0.4, -0.2) is 112 Å². The van der Waals surface area contributed by atoms with Crippen LogP contribution in [0.2, 0.25) is 0 Å². The van der Waals surface area contributed by atoms with Gasteiger partial charge in [-0.25, -0.2) is 0 Å². The molecule has 20 heteroatoms. The van der Waals surface area contributed by atoms with Gasteiger partial charge in [-0.2, -0.15) is 0 Å². The number of benzene rings is 5. The summed E-state index contributed by atoms with van der Waals surface area (Å²) in [6, 6.07) is 26.3. The molecular formula is C59H73N11O9. The lowest BCUT2D eigenvalue weighted by Crippen LogP contribution is -2.61. The van der Waals surface area contributed by atoms with Crippen LogP contribution in [0.15, 0.2) is 128 Å². The van der Waals surface area contributed by atoms with Crippen molar-refractivity contribution in [2.75, 3.05) is 6.54 Å². The molecule has 0 bridgehead atoms. The second-order valence-electron chi connectivity index (χ2n) is 20.2. The number of amides is 8. The van der Waals surface area contributed by atoms with Gasteiger partial charge in [0.25, 0.3) is 0 Å². The lowest BCUT2D eigenvalue weighted by atomic mass is 9.99. The van der Waals surface area contributed by atoms with Crippen LogP contribution in [0.1, 0.15) is 69.2 Å². The topological polar surface area (TPSA) is 335 Å². The lowest BCUT2D eigenvalue weighted by Gasteiger charge is -2.28. The molecule has 5 aromatic carbocycles. The van der Waals surface area contributed by atoms with Gasteiger partial charge in [-0.3, -0.25) is 38.4 Å². The molecule has 6 aromatic rings. The molecule has 0 spiro atoms. The number of fused-ring (bicyclic) bond motifs is 2. The number of carbonyl (C=O) groups excluding carboxylic acids is 8. The summed E-state index contributed by atoms with van der Waals surface area (Å²) >= 11 is 0. The Morgan fingerprint density at radius 2 is 1.04 bits per heavy atom. The molecule has 20 nitrogen and oxygen atoms in total. The van der Waals surface area contributed by atoms with Crippen LogP contribution in [0.25, 0.3) is 21.7 Å². The maximum Gasteiger partial charge on any atom is 0.243 e. The smallest absolute Gasteiger partial charge is 0.243 e. The SMILES string of the molecule is CC(NC(=O)C(N)Cc1ccccc1)C(=O)NC(Cc1ccc(O)cc1)C(=O)NC(Cc1c[nH]c2ccccc12)C(=O)NC(CCCCN)C(=O)NC(C(=O)NC(C)C(=O)NC(Cc1ccc2ccccc2c1)C(N)=O)C(C)C. The largest absolute Gasteiger partial charge is 0.508 e. The van der Waals surface area contributed by atoms with Crippen molar-refractivity contribution in [2.45, 2.75) is 121 Å². The van der Waals surface area contributed by atoms with Gasteiger partial charge in [0.2, 0.25) is 47.3 Å². The maximum absolute atomic E-state index is 14.8. The number of aromatic nitrogens is 1. The first-order valence-corrected chi connectivity index (χ1v) is 26.5. The number of unbranched alkanes of at least 4 members (excludes halogenated alkanes) is 1. The number of carbonyl (C=O) groups is 8. The van der Waals surface area contributed by atoms with Crippen LogP contribution in [0.4, 0.5) is 0 Å². The number of nitrogens with one attached hydrogen (secondary N) is 8. The predicted octanol–water partition coefficient (Wildman–Crippen LogP) is 2.33. The van der Waals surface area contributed by atoms with E-state index in [1.165, 1.54) is 26.0 Å². The fourth-order valence-electron chi connectivity index (χ4n) is 9.03. The number of primary amides is 1. The second kappa shape index (κ2) is 28.7. The molecule has 0 aliphatic carbocycles. The quantitative estimate of drug-likeness (QED) is 0.0317. The first-order valence-electron chi connectivity index (χ1n) is 26.5. The van der Waals surface area contributed by atoms with E-state index in [0.29, 0.717) is 24.0 Å². The molecule has 0 aliphatic rings. The fraction of sp³-hybridized carbons (Fsp3) is 0.356. The van der Waals surface area contributed by atoms with E-state index >= 15 is 0 Å². The van der Waals surface area contributed by atoms with Crippen LogP contribution in [-0.2, 0) is 64.0 Å². The van der Waals surface area contributed by atoms with Gasteiger partial charge in [-0.05, 0) is 103 Å². The molecule has 6 rings (SSSR count). The molecule has 0 aliphatic heterocycles. The number of para-hydroxylation sites is 1. The van der Waals surface area contributed by atoms with Gasteiger partial charge in [0.05, 0.1) is 6.04 Å². The number of hydrogen-bond donors (Lipinski definition) is 12. The molecule has 0 radical (unpaired) electrons. The zero-order chi connectivity index (χ0) is 57.2. The standard InChI is InChI=1S/C59H73N11O9/c1-34(2)51(59(79)65-36(4)53(73)67-48(52(62)72)31-39-21-24-40-16-8-9-17-41(40)28-39)70-56(76)47(20-12-13-27-60)66-58(78)50(32-42-33-63-46-19-11-10-18-44(42)46)69-57(77)49(30-38-22-25-43(71)26-23-38)68-54(74)35(3)64-55(75)45(61)29-37-14-6-5-7-15-37/h5-11,14-19,21-26,28,33-36,45,47-51,63,71H,12-13,20,27,29-32,60-61H2,1-4H3,(H2,62,72)(H,64,75)(H,65,79)(H,66,78)(H,67,73)(H,68,74)(H,69,77)(H,70,76). The number of hydrogen-bond acceptors (Lipinski definition) is 11. The van der Waals surface area contributed by atoms with Crippen molar-refractivity contribution in [1.82, 2.24) is 42.2 Å². The molecule has 8 unspecified atom stereocenters. The van der Waals surface area contributed by atoms with E-state index in [2.05, 4.69) is 42.2 Å². The second-order valence-corrected chi connectivity index (χ2v) is 20.2. The monoisotopic (exact) mass is 1080 g/mol. The van der Waals surface area contributed by atoms with Gasteiger partial charge < -0.3 is 64.5 Å². The Morgan fingerprint density at radius 3 is 1.70 bits per heavy atom. The number of nitrogens with two attached hydrogens (primary N) is 3. The molecule has 8 atom stereocenters. The van der Waals surface area contributed by atoms with Crippen LogP contribution in [0.5, 0.6) is 5.75 Å². The molecule has 418 valence electrons. The third-order valence-corrected chi connectivity index (χ3v) is 13.6. The van der Waals surface area contributed by atoms with Crippen LogP contribution < -0.4 is 54.4 Å². The van der Waals surface area contributed by atoms with Crippen molar-refractivity contribution in [3.05, 3.63) is 150 Å². The average Bonchev–Trinajstić information content (AvgIpc) is 3.85. The number of phenols is 1. The Bertz CT molecular complexity index is 3080. The molecule has 1 aromatic heterocycles. The van der Waals surface area contributed by atoms with Crippen molar-refractivity contribution < 1.29 is 43.5 Å². The first kappa shape index (κ1) is 59.6. The first-order chi connectivity index (χ1) is 37.8. The van der Waals surface area contributed by atoms with Crippen molar-refractivity contribution in [2.24, 2.45) is 23.1 Å². The lowest BCUT2D eigenvalue weighted by molar-refractivity contribution is -0.136. The van der Waals surface area contributed by atoms with Gasteiger partial charge in [0.15, 0.2) is 0 Å². The third-order valence-electron chi connectivity index (χ3n) is 13.6. The number of rotatable bonds is 28. The zero-order valence-corrected chi connectivity index (χ0v) is 44.9. The third kappa shape index (κ3) is 17.4. The fourth-order valence-corrected chi connectivity index (χ4v) is 9.03. The minimum atomic E-state index is -1.36. The van der Waals surface area contributed by atoms with Gasteiger partial charge in [0.1, 0.15) is 48.0 Å². The summed E-state index contributed by atoms with van der Waals surface area (Å²) in [5.74, 6) is -6.31. The molecule has 0 fully saturated rings. The Balaban J connectivity index is 1.18. The Morgan fingerprint density at radius 1 is 0.506 bits per heavy atom. The number of aromatic amines is 1. The van der Waals surface area contributed by atoms with Crippen molar-refractivity contribution >= 4 is 68.9 Å². The summed E-state index contributed by atoms with van der Waals surface area (Å²) in [7, 11) is 0. The molecule has 0 saturated heterocycles. The highest BCUT2D eigenvalue weighted by Crippen LogP contribution is 2.21. The van der Waals surface area contributed by atoms with Gasteiger partial charge in [0, 0.05) is 36.4 Å². The summed E-state index contributed by atoms with van der Waals surface area (Å²) in [6.45, 7) is 6.55. The van der Waals surface area contributed by atoms with Gasteiger partial charge in [-0.1, -0.05) is 117 Å². The van der Waals surface area contributed by atoms with E-state index in [-0.39, 0.29) is 44.4 Å². The maximum atomic E-state index is 14.8. The minimum Gasteiger partial charge on any atom is -0.508 e. The van der Waals surface area contributed by atoms with Crippen molar-refractivity contribution in [3.8, 4) is 5.75 Å². The van der Waals surface area contributed by atoms with Crippen molar-refractivity contribution in [1.29, 1.82) is 0 Å². The molecule has 15 N–H and O–H groups in total. The van der Waals surface area contributed by atoms with E-state index in [1.54, 1.807) is 32.2 Å². The van der Waals surface area contributed by atoms with E-state index in [9.17, 15) is 43.5 Å². The molecule has 0 saturated carbocycles. The summed E-state index contributed by atoms with van der Waals surface area (Å²) in [6.07, 6.45) is 2.79. The highest BCUT2D eigenvalue weighted by Gasteiger charge is 2.35. The molecule has 79 heavy (non-hydrogen) atoms. The average molecular weight is 1080 g/mol. The van der Waals surface area contributed by atoms with Gasteiger partial charge >= 0.3 is 0 Å². The van der Waals surface area contributed by atoms with E-state index in [4.69, 9.17) is 17.2 Å². The van der Waals surface area contributed by atoms with E-state index < -0.39 is 102 Å². The van der Waals surface area contributed by atoms with Crippen LogP contribution in [0, 0.1) is 5.92 Å². The highest BCUT2D eigenvalue weighted by atomic mass is 16.3. The molecule has 1 heterocycles. The summed E-state index contributed by atoms with van der Waals surface area (Å²) in [4.78, 5) is 114. The highest BCUT2D eigenvalue weighted by molar-refractivity contribution is 5.98. The van der Waals surface area contributed by atoms with Gasteiger partial charge in [-0.15, -0.1) is 0 Å². The zero-order valence-electron chi connectivity index (χ0n) is 44.9. The molecular weight excluding hydrogens is 1010 g/mol. The normalized spacial score (nSPS) is 14.3. The summed E-state index contributed by atoms with van der Waals surface area (Å²) in [5.41, 5.74) is 21.3. The summed E-state index contributed by atoms with van der Waals surface area (Å²) in [5, 5.41) is 31.8. The minimum absolute atomic E-state index is 0.0289. The number of H-pyrrole nitrogens is 1. The van der Waals surface area contributed by atoms with E-state index in [0.717, 1.165) is 32.8 Å².